The molecule has 1 aliphatic heterocycles. The zero-order valence-electron chi connectivity index (χ0n) is 16.6. The summed E-state index contributed by atoms with van der Waals surface area (Å²) in [5.41, 5.74) is 0.720. The molecule has 0 unspecified atom stereocenters. The van der Waals surface area contributed by atoms with Crippen molar-refractivity contribution in [1.29, 1.82) is 0 Å². The molecule has 0 atom stereocenters. The third kappa shape index (κ3) is 5.63. The Kier molecular flexibility index (Phi) is 7.38. The summed E-state index contributed by atoms with van der Waals surface area (Å²) in [5, 5.41) is 4.80. The molecule has 0 bridgehead atoms. The Bertz CT molecular complexity index is 842. The molecule has 0 saturated carbocycles. The normalized spacial score (nSPS) is 14.6. The molecular formula is C20H25N3O4S2. The first-order valence-corrected chi connectivity index (χ1v) is 11.4. The fourth-order valence-electron chi connectivity index (χ4n) is 3.21. The number of ether oxygens (including phenoxy) is 1. The summed E-state index contributed by atoms with van der Waals surface area (Å²) in [6.07, 6.45) is 1.38. The van der Waals surface area contributed by atoms with E-state index in [-0.39, 0.29) is 36.7 Å². The Morgan fingerprint density at radius 2 is 2.03 bits per heavy atom. The van der Waals surface area contributed by atoms with E-state index in [4.69, 9.17) is 4.74 Å². The van der Waals surface area contributed by atoms with Crippen LogP contribution in [0.1, 0.15) is 25.5 Å². The van der Waals surface area contributed by atoms with Gasteiger partial charge < -0.3 is 14.5 Å². The molecule has 3 rings (SSSR count). The fourth-order valence-corrected chi connectivity index (χ4v) is 4.84. The van der Waals surface area contributed by atoms with Crippen molar-refractivity contribution in [1.82, 2.24) is 14.8 Å². The zero-order chi connectivity index (χ0) is 20.8. The average molecular weight is 436 g/mol. The number of carbonyl (C=O) groups is 3. The number of likely N-dealkylation sites (tertiary alicyclic amines) is 1. The van der Waals surface area contributed by atoms with Crippen molar-refractivity contribution in [3.8, 4) is 9.88 Å². The van der Waals surface area contributed by atoms with E-state index in [2.05, 4.69) is 4.98 Å². The lowest BCUT2D eigenvalue weighted by atomic mass is 9.97. The van der Waals surface area contributed by atoms with E-state index in [1.165, 1.54) is 16.2 Å². The van der Waals surface area contributed by atoms with E-state index >= 15 is 0 Å². The van der Waals surface area contributed by atoms with Crippen molar-refractivity contribution in [3.63, 3.8) is 0 Å². The SMILES string of the molecule is CCOC(=O)C1CCN(C(=O)CN(C)C(=O)Cc2csc(-c3cccs3)n2)CC1. The molecule has 0 aromatic carbocycles. The minimum absolute atomic E-state index is 0.0326. The highest BCUT2D eigenvalue weighted by atomic mass is 32.1. The Labute approximate surface area is 178 Å². The van der Waals surface area contributed by atoms with E-state index < -0.39 is 0 Å². The molecule has 0 aliphatic carbocycles. The number of hydrogen-bond donors (Lipinski definition) is 0. The lowest BCUT2D eigenvalue weighted by Gasteiger charge is -2.32. The summed E-state index contributed by atoms with van der Waals surface area (Å²) in [5.74, 6) is -0.554. The monoisotopic (exact) mass is 435 g/mol. The molecule has 1 saturated heterocycles. The molecule has 9 heteroatoms. The van der Waals surface area contributed by atoms with Gasteiger partial charge in [-0.05, 0) is 31.2 Å². The van der Waals surface area contributed by atoms with Gasteiger partial charge in [0.25, 0.3) is 0 Å². The van der Waals surface area contributed by atoms with Crippen molar-refractivity contribution in [2.24, 2.45) is 5.92 Å². The zero-order valence-corrected chi connectivity index (χ0v) is 18.3. The van der Waals surface area contributed by atoms with Gasteiger partial charge in [-0.1, -0.05) is 6.07 Å². The molecule has 0 radical (unpaired) electrons. The second-order valence-electron chi connectivity index (χ2n) is 6.95. The van der Waals surface area contributed by atoms with Crippen molar-refractivity contribution >= 4 is 40.5 Å². The van der Waals surface area contributed by atoms with Crippen LogP contribution in [-0.4, -0.2) is 65.9 Å². The van der Waals surface area contributed by atoms with Gasteiger partial charge in [0.2, 0.25) is 11.8 Å². The van der Waals surface area contributed by atoms with Crippen LogP contribution in [0.2, 0.25) is 0 Å². The highest BCUT2D eigenvalue weighted by Gasteiger charge is 2.29. The van der Waals surface area contributed by atoms with Crippen molar-refractivity contribution in [3.05, 3.63) is 28.6 Å². The van der Waals surface area contributed by atoms with Crippen LogP contribution in [-0.2, 0) is 25.5 Å². The van der Waals surface area contributed by atoms with E-state index in [0.717, 1.165) is 15.6 Å². The predicted octanol–water partition coefficient (Wildman–Crippen LogP) is 2.67. The molecule has 7 nitrogen and oxygen atoms in total. The van der Waals surface area contributed by atoms with Crippen LogP contribution < -0.4 is 0 Å². The number of likely N-dealkylation sites (N-methyl/N-ethyl adjacent to an activating group) is 1. The molecule has 1 aliphatic rings. The molecule has 2 aromatic heterocycles. The number of piperidine rings is 1. The summed E-state index contributed by atoms with van der Waals surface area (Å²) in [6, 6.07) is 3.98. The number of rotatable bonds is 7. The highest BCUT2D eigenvalue weighted by Crippen LogP contribution is 2.28. The Hall–Kier alpha value is -2.26. The Morgan fingerprint density at radius 1 is 1.28 bits per heavy atom. The van der Waals surface area contributed by atoms with Crippen molar-refractivity contribution < 1.29 is 19.1 Å². The smallest absolute Gasteiger partial charge is 0.309 e. The average Bonchev–Trinajstić information content (AvgIpc) is 3.40. The molecule has 3 heterocycles. The van der Waals surface area contributed by atoms with E-state index in [1.807, 2.05) is 22.9 Å². The lowest BCUT2D eigenvalue weighted by molar-refractivity contribution is -0.151. The van der Waals surface area contributed by atoms with Gasteiger partial charge in [0, 0.05) is 25.5 Å². The number of carbonyl (C=O) groups excluding carboxylic acids is 3. The van der Waals surface area contributed by atoms with Crippen LogP contribution >= 0.6 is 22.7 Å². The van der Waals surface area contributed by atoms with Crippen molar-refractivity contribution in [2.75, 3.05) is 33.3 Å². The third-order valence-corrected chi connectivity index (χ3v) is 6.81. The van der Waals surface area contributed by atoms with Gasteiger partial charge in [-0.15, -0.1) is 22.7 Å². The highest BCUT2D eigenvalue weighted by molar-refractivity contribution is 7.20. The molecule has 0 N–H and O–H groups in total. The number of aromatic nitrogens is 1. The number of hydrogen-bond acceptors (Lipinski definition) is 7. The third-order valence-electron chi connectivity index (χ3n) is 4.88. The maximum absolute atomic E-state index is 12.5. The summed E-state index contributed by atoms with van der Waals surface area (Å²) in [4.78, 5) is 45.6. The van der Waals surface area contributed by atoms with Crippen LogP contribution in [0.25, 0.3) is 9.88 Å². The molecule has 2 amide bonds. The van der Waals surface area contributed by atoms with Crippen LogP contribution in [0, 0.1) is 5.92 Å². The Balaban J connectivity index is 1.46. The summed E-state index contributed by atoms with van der Waals surface area (Å²) >= 11 is 3.14. The molecule has 29 heavy (non-hydrogen) atoms. The summed E-state index contributed by atoms with van der Waals surface area (Å²) in [7, 11) is 1.64. The fraction of sp³-hybridized carbons (Fsp3) is 0.500. The summed E-state index contributed by atoms with van der Waals surface area (Å²) in [6.45, 7) is 3.22. The van der Waals surface area contributed by atoms with Gasteiger partial charge in [0.05, 0.1) is 36.1 Å². The minimum Gasteiger partial charge on any atom is -0.466 e. The molecule has 0 spiro atoms. The standard InChI is InChI=1S/C20H25N3O4S2/c1-3-27-20(26)14-6-8-23(9-7-14)18(25)12-22(2)17(24)11-15-13-29-19(21-15)16-5-4-10-28-16/h4-5,10,13-14H,3,6-9,11-12H2,1-2H3. The Morgan fingerprint density at radius 3 is 2.69 bits per heavy atom. The first-order valence-electron chi connectivity index (χ1n) is 9.64. The maximum Gasteiger partial charge on any atom is 0.309 e. The minimum atomic E-state index is -0.183. The maximum atomic E-state index is 12.5. The number of thiazole rings is 1. The number of nitrogens with zero attached hydrogens (tertiary/aromatic N) is 3. The van der Waals surface area contributed by atoms with Gasteiger partial charge in [-0.25, -0.2) is 4.98 Å². The van der Waals surface area contributed by atoms with Gasteiger partial charge in [0.1, 0.15) is 5.01 Å². The summed E-state index contributed by atoms with van der Waals surface area (Å²) < 4.78 is 5.06. The quantitative estimate of drug-likeness (QED) is 0.625. The number of esters is 1. The molecule has 1 fully saturated rings. The molecule has 2 aromatic rings. The second-order valence-corrected chi connectivity index (χ2v) is 8.76. The predicted molar refractivity (Wildman–Crippen MR) is 113 cm³/mol. The molecular weight excluding hydrogens is 410 g/mol. The van der Waals surface area contributed by atoms with Gasteiger partial charge in [-0.2, -0.15) is 0 Å². The largest absolute Gasteiger partial charge is 0.466 e. The van der Waals surface area contributed by atoms with Crippen molar-refractivity contribution in [2.45, 2.75) is 26.2 Å². The number of amides is 2. The first-order chi connectivity index (χ1) is 14.0. The topological polar surface area (TPSA) is 79.8 Å². The van der Waals surface area contributed by atoms with Gasteiger partial charge in [-0.3, -0.25) is 14.4 Å². The van der Waals surface area contributed by atoms with Crippen LogP contribution in [0.3, 0.4) is 0 Å². The van der Waals surface area contributed by atoms with Crippen LogP contribution in [0.15, 0.2) is 22.9 Å². The van der Waals surface area contributed by atoms with Gasteiger partial charge >= 0.3 is 5.97 Å². The van der Waals surface area contributed by atoms with Gasteiger partial charge in [0.15, 0.2) is 0 Å². The lowest BCUT2D eigenvalue weighted by Crippen LogP contribution is -2.46. The first kappa shape index (κ1) is 21.4. The van der Waals surface area contributed by atoms with E-state index in [1.54, 1.807) is 30.2 Å². The van der Waals surface area contributed by atoms with E-state index in [9.17, 15) is 14.4 Å². The van der Waals surface area contributed by atoms with E-state index in [0.29, 0.717) is 32.5 Å². The van der Waals surface area contributed by atoms with Crippen LogP contribution in [0.5, 0.6) is 0 Å². The van der Waals surface area contributed by atoms with Crippen LogP contribution in [0.4, 0.5) is 0 Å². The molecule has 156 valence electrons. The second kappa shape index (κ2) is 9.98. The number of thiophene rings is 1.